The highest BCUT2D eigenvalue weighted by molar-refractivity contribution is 7.71. The molecule has 0 amide bonds. The molecule has 0 bridgehead atoms. The summed E-state index contributed by atoms with van der Waals surface area (Å²) in [5.74, 6) is 0. The summed E-state index contributed by atoms with van der Waals surface area (Å²) >= 11 is 4.80. The summed E-state index contributed by atoms with van der Waals surface area (Å²) < 4.78 is 38.4. The van der Waals surface area contributed by atoms with Crippen LogP contribution in [0, 0.1) is 4.77 Å². The standard InChI is InChI=1S/C14H8F3N3S/c15-14(16,17)12-6-11(19-13(21)20-12)9-3-1-2-8-4-5-18-7-10(8)9/h1-7H,(H,19,20,21). The smallest absolute Gasteiger partial charge is 0.327 e. The van der Waals surface area contributed by atoms with Gasteiger partial charge in [0.1, 0.15) is 5.69 Å². The number of H-pyrrole nitrogens is 1. The molecule has 0 saturated carbocycles. The van der Waals surface area contributed by atoms with Gasteiger partial charge in [0.15, 0.2) is 4.77 Å². The van der Waals surface area contributed by atoms with Crippen molar-refractivity contribution in [2.24, 2.45) is 0 Å². The van der Waals surface area contributed by atoms with Crippen molar-refractivity contribution in [3.05, 3.63) is 53.2 Å². The first-order valence-electron chi connectivity index (χ1n) is 5.97. The minimum Gasteiger partial charge on any atom is -0.327 e. The van der Waals surface area contributed by atoms with Crippen LogP contribution in [0.15, 0.2) is 42.7 Å². The van der Waals surface area contributed by atoms with Crippen molar-refractivity contribution in [1.82, 2.24) is 15.0 Å². The molecular formula is C14H8F3N3S. The van der Waals surface area contributed by atoms with E-state index in [1.54, 1.807) is 30.6 Å². The van der Waals surface area contributed by atoms with Gasteiger partial charge in [-0.15, -0.1) is 0 Å². The largest absolute Gasteiger partial charge is 0.431 e. The number of pyridine rings is 1. The molecule has 1 aromatic carbocycles. The molecule has 3 nitrogen and oxygen atoms in total. The van der Waals surface area contributed by atoms with Gasteiger partial charge in [0.2, 0.25) is 0 Å². The Morgan fingerprint density at radius 2 is 1.95 bits per heavy atom. The van der Waals surface area contributed by atoms with Crippen LogP contribution in [0.3, 0.4) is 0 Å². The number of aromatic nitrogens is 3. The average Bonchev–Trinajstić information content (AvgIpc) is 2.45. The van der Waals surface area contributed by atoms with Crippen LogP contribution in [0.1, 0.15) is 5.69 Å². The molecule has 0 unspecified atom stereocenters. The van der Waals surface area contributed by atoms with Crippen molar-refractivity contribution < 1.29 is 13.2 Å². The Labute approximate surface area is 122 Å². The second-order valence-electron chi connectivity index (χ2n) is 4.39. The molecule has 106 valence electrons. The molecule has 2 aromatic heterocycles. The van der Waals surface area contributed by atoms with Crippen molar-refractivity contribution >= 4 is 23.0 Å². The van der Waals surface area contributed by atoms with E-state index in [2.05, 4.69) is 15.0 Å². The molecule has 0 saturated heterocycles. The topological polar surface area (TPSA) is 41.6 Å². The lowest BCUT2D eigenvalue weighted by Crippen LogP contribution is -2.09. The highest BCUT2D eigenvalue weighted by atomic mass is 32.1. The highest BCUT2D eigenvalue weighted by Crippen LogP contribution is 2.32. The lowest BCUT2D eigenvalue weighted by molar-refractivity contribution is -0.141. The van der Waals surface area contributed by atoms with Crippen LogP contribution < -0.4 is 0 Å². The predicted octanol–water partition coefficient (Wildman–Crippen LogP) is 4.37. The van der Waals surface area contributed by atoms with Crippen LogP contribution in [-0.2, 0) is 6.18 Å². The quantitative estimate of drug-likeness (QED) is 0.679. The molecule has 0 aliphatic rings. The highest BCUT2D eigenvalue weighted by Gasteiger charge is 2.32. The first-order valence-corrected chi connectivity index (χ1v) is 6.37. The van der Waals surface area contributed by atoms with Gasteiger partial charge in [0, 0.05) is 23.3 Å². The normalized spacial score (nSPS) is 11.8. The van der Waals surface area contributed by atoms with Crippen LogP contribution >= 0.6 is 12.2 Å². The third kappa shape index (κ3) is 2.64. The Kier molecular flexibility index (Phi) is 3.21. The number of hydrogen-bond donors (Lipinski definition) is 1. The van der Waals surface area contributed by atoms with Gasteiger partial charge in [0.25, 0.3) is 0 Å². The summed E-state index contributed by atoms with van der Waals surface area (Å²) in [6, 6.07) is 8.05. The molecule has 0 atom stereocenters. The molecule has 1 N–H and O–H groups in total. The van der Waals surface area contributed by atoms with Crippen molar-refractivity contribution in [3.8, 4) is 11.3 Å². The summed E-state index contributed by atoms with van der Waals surface area (Å²) in [6.45, 7) is 0. The van der Waals surface area contributed by atoms with Crippen molar-refractivity contribution in [2.45, 2.75) is 6.18 Å². The number of halogens is 3. The van der Waals surface area contributed by atoms with E-state index < -0.39 is 11.9 Å². The second-order valence-corrected chi connectivity index (χ2v) is 4.77. The summed E-state index contributed by atoms with van der Waals surface area (Å²) in [6.07, 6.45) is -1.29. The van der Waals surface area contributed by atoms with Crippen LogP contribution in [0.5, 0.6) is 0 Å². The van der Waals surface area contributed by atoms with E-state index in [-0.39, 0.29) is 10.5 Å². The first-order chi connectivity index (χ1) is 9.95. The van der Waals surface area contributed by atoms with Crippen molar-refractivity contribution in [2.75, 3.05) is 0 Å². The molecule has 0 radical (unpaired) electrons. The number of fused-ring (bicyclic) bond motifs is 1. The van der Waals surface area contributed by atoms with Crippen LogP contribution in [0.25, 0.3) is 22.0 Å². The zero-order valence-corrected chi connectivity index (χ0v) is 11.3. The Morgan fingerprint density at radius 3 is 2.71 bits per heavy atom. The zero-order chi connectivity index (χ0) is 15.0. The molecule has 7 heteroatoms. The Morgan fingerprint density at radius 1 is 1.14 bits per heavy atom. The first kappa shape index (κ1) is 13.7. The molecule has 21 heavy (non-hydrogen) atoms. The summed E-state index contributed by atoms with van der Waals surface area (Å²) in [4.78, 5) is 10.1. The van der Waals surface area contributed by atoms with E-state index in [4.69, 9.17) is 12.2 Å². The third-order valence-corrected chi connectivity index (χ3v) is 3.20. The van der Waals surface area contributed by atoms with Crippen LogP contribution in [0.4, 0.5) is 13.2 Å². The van der Waals surface area contributed by atoms with Gasteiger partial charge in [-0.1, -0.05) is 18.2 Å². The Hall–Kier alpha value is -2.28. The average molecular weight is 307 g/mol. The van der Waals surface area contributed by atoms with E-state index in [0.29, 0.717) is 5.56 Å². The van der Waals surface area contributed by atoms with Gasteiger partial charge in [-0.05, 0) is 29.7 Å². The van der Waals surface area contributed by atoms with Gasteiger partial charge in [-0.2, -0.15) is 13.2 Å². The number of nitrogens with one attached hydrogen (secondary N) is 1. The lowest BCUT2D eigenvalue weighted by Gasteiger charge is -2.10. The van der Waals surface area contributed by atoms with E-state index in [1.807, 2.05) is 6.07 Å². The van der Waals surface area contributed by atoms with Crippen molar-refractivity contribution in [1.29, 1.82) is 0 Å². The Bertz CT molecular complexity index is 866. The minimum absolute atomic E-state index is 0.171. The predicted molar refractivity (Wildman–Crippen MR) is 75.2 cm³/mol. The number of hydrogen-bond acceptors (Lipinski definition) is 3. The Balaban J connectivity index is 2.29. The zero-order valence-electron chi connectivity index (χ0n) is 10.5. The van der Waals surface area contributed by atoms with Gasteiger partial charge in [-0.25, -0.2) is 4.98 Å². The molecular weight excluding hydrogens is 299 g/mol. The lowest BCUT2D eigenvalue weighted by atomic mass is 10.0. The van der Waals surface area contributed by atoms with Gasteiger partial charge in [0.05, 0.1) is 5.69 Å². The molecule has 0 aliphatic carbocycles. The second kappa shape index (κ2) is 4.92. The molecule has 3 aromatic rings. The SMILES string of the molecule is FC(F)(F)c1cc(-c2cccc3ccncc23)nc(=S)[nH]1. The summed E-state index contributed by atoms with van der Waals surface area (Å²) in [5.41, 5.74) is -0.186. The van der Waals surface area contributed by atoms with E-state index in [1.165, 1.54) is 0 Å². The summed E-state index contributed by atoms with van der Waals surface area (Å²) in [5, 5.41) is 1.60. The fraction of sp³-hybridized carbons (Fsp3) is 0.0714. The number of nitrogens with zero attached hydrogens (tertiary/aromatic N) is 2. The molecule has 0 aliphatic heterocycles. The summed E-state index contributed by atoms with van der Waals surface area (Å²) in [7, 11) is 0. The van der Waals surface area contributed by atoms with Gasteiger partial charge < -0.3 is 4.98 Å². The number of aromatic amines is 1. The number of benzene rings is 1. The molecule has 0 fully saturated rings. The van der Waals surface area contributed by atoms with E-state index in [9.17, 15) is 13.2 Å². The van der Waals surface area contributed by atoms with Crippen LogP contribution in [0.2, 0.25) is 0 Å². The van der Waals surface area contributed by atoms with Gasteiger partial charge >= 0.3 is 6.18 Å². The third-order valence-electron chi connectivity index (χ3n) is 3.01. The maximum absolute atomic E-state index is 12.9. The fourth-order valence-corrected chi connectivity index (χ4v) is 2.29. The van der Waals surface area contributed by atoms with Crippen molar-refractivity contribution in [3.63, 3.8) is 0 Å². The fourth-order valence-electron chi connectivity index (χ4n) is 2.09. The van der Waals surface area contributed by atoms with E-state index in [0.717, 1.165) is 16.8 Å². The molecule has 3 rings (SSSR count). The molecule has 2 heterocycles. The molecule has 0 spiro atoms. The monoisotopic (exact) mass is 307 g/mol. The minimum atomic E-state index is -4.51. The number of rotatable bonds is 1. The van der Waals surface area contributed by atoms with Crippen LogP contribution in [-0.4, -0.2) is 15.0 Å². The number of alkyl halides is 3. The van der Waals surface area contributed by atoms with Gasteiger partial charge in [-0.3, -0.25) is 4.98 Å². The van der Waals surface area contributed by atoms with E-state index >= 15 is 0 Å². The maximum atomic E-state index is 12.9. The maximum Gasteiger partial charge on any atom is 0.431 e.